The molecule has 0 aliphatic carbocycles. The van der Waals surface area contributed by atoms with Crippen LogP contribution in [0.5, 0.6) is 0 Å². The van der Waals surface area contributed by atoms with E-state index in [1.165, 1.54) is 6.20 Å². The summed E-state index contributed by atoms with van der Waals surface area (Å²) in [5.41, 5.74) is -0.259. The third-order valence-electron chi connectivity index (χ3n) is 3.04. The summed E-state index contributed by atoms with van der Waals surface area (Å²) in [6, 6.07) is 3.26. The second kappa shape index (κ2) is 5.98. The van der Waals surface area contributed by atoms with E-state index in [1.807, 2.05) is 13.8 Å². The molecule has 1 aromatic heterocycles. The lowest BCUT2D eigenvalue weighted by Crippen LogP contribution is -2.50. The molecule has 0 aliphatic heterocycles. The molecule has 0 saturated heterocycles. The van der Waals surface area contributed by atoms with Crippen molar-refractivity contribution in [1.29, 1.82) is 0 Å². The van der Waals surface area contributed by atoms with E-state index in [0.717, 1.165) is 0 Å². The molecule has 1 heterocycles. The van der Waals surface area contributed by atoms with Crippen LogP contribution in [0.2, 0.25) is 5.15 Å². The van der Waals surface area contributed by atoms with Crippen LogP contribution in [0.1, 0.15) is 37.0 Å². The number of hydrogen-bond donors (Lipinski definition) is 2. The van der Waals surface area contributed by atoms with Crippen molar-refractivity contribution < 1.29 is 9.90 Å². The van der Waals surface area contributed by atoms with Crippen molar-refractivity contribution in [2.45, 2.75) is 32.2 Å². The highest BCUT2D eigenvalue weighted by Crippen LogP contribution is 2.17. The highest BCUT2D eigenvalue weighted by molar-refractivity contribution is 6.32. The lowest BCUT2D eigenvalue weighted by molar-refractivity contribution is 0.0817. The number of carbonyl (C=O) groups excluding carboxylic acids is 1. The van der Waals surface area contributed by atoms with Gasteiger partial charge in [0.05, 0.1) is 17.7 Å². The van der Waals surface area contributed by atoms with E-state index in [0.29, 0.717) is 18.4 Å². The zero-order valence-corrected chi connectivity index (χ0v) is 10.8. The van der Waals surface area contributed by atoms with Crippen LogP contribution >= 0.6 is 11.6 Å². The maximum Gasteiger partial charge on any atom is 0.254 e. The summed E-state index contributed by atoms with van der Waals surface area (Å²) in [6.45, 7) is 3.75. The fraction of sp³-hybridized carbons (Fsp3) is 0.500. The first-order chi connectivity index (χ1) is 8.08. The molecule has 1 aromatic rings. The van der Waals surface area contributed by atoms with Gasteiger partial charge < -0.3 is 10.4 Å². The summed E-state index contributed by atoms with van der Waals surface area (Å²) in [6.07, 6.45) is 2.84. The zero-order valence-electron chi connectivity index (χ0n) is 10.0. The van der Waals surface area contributed by atoms with Crippen LogP contribution in [0.25, 0.3) is 0 Å². The van der Waals surface area contributed by atoms with Gasteiger partial charge in [-0.3, -0.25) is 4.79 Å². The maximum absolute atomic E-state index is 12.0. The van der Waals surface area contributed by atoms with Crippen LogP contribution in [0.15, 0.2) is 18.3 Å². The highest BCUT2D eigenvalue weighted by atomic mass is 35.5. The minimum atomic E-state index is -0.587. The van der Waals surface area contributed by atoms with Crippen LogP contribution in [0.3, 0.4) is 0 Å². The van der Waals surface area contributed by atoms with E-state index in [2.05, 4.69) is 10.3 Å². The largest absolute Gasteiger partial charge is 0.394 e. The fourth-order valence-corrected chi connectivity index (χ4v) is 1.76. The summed E-state index contributed by atoms with van der Waals surface area (Å²) in [7, 11) is 0. The van der Waals surface area contributed by atoms with Crippen LogP contribution in [0, 0.1) is 0 Å². The molecule has 94 valence electrons. The zero-order chi connectivity index (χ0) is 12.9. The number of nitrogens with zero attached hydrogens (tertiary/aromatic N) is 1. The van der Waals surface area contributed by atoms with E-state index in [9.17, 15) is 9.90 Å². The number of aliphatic hydroxyl groups is 1. The predicted molar refractivity (Wildman–Crippen MR) is 67.1 cm³/mol. The summed E-state index contributed by atoms with van der Waals surface area (Å²) in [5, 5.41) is 12.4. The van der Waals surface area contributed by atoms with Gasteiger partial charge in [-0.15, -0.1) is 0 Å². The molecule has 17 heavy (non-hydrogen) atoms. The predicted octanol–water partition coefficient (Wildman–Crippen LogP) is 2.02. The number of carbonyl (C=O) groups is 1. The second-order valence-electron chi connectivity index (χ2n) is 3.94. The molecular formula is C12H17ClN2O2. The van der Waals surface area contributed by atoms with Crippen LogP contribution in [0.4, 0.5) is 0 Å². The third kappa shape index (κ3) is 3.17. The average molecular weight is 257 g/mol. The van der Waals surface area contributed by atoms with Gasteiger partial charge in [0.25, 0.3) is 5.91 Å². The second-order valence-corrected chi connectivity index (χ2v) is 4.30. The molecular weight excluding hydrogens is 240 g/mol. The SMILES string of the molecule is CCC(CC)(CO)NC(=O)c1cccnc1Cl. The maximum atomic E-state index is 12.0. The number of nitrogens with one attached hydrogen (secondary N) is 1. The van der Waals surface area contributed by atoms with E-state index in [4.69, 9.17) is 11.6 Å². The molecule has 4 nitrogen and oxygen atoms in total. The van der Waals surface area contributed by atoms with E-state index in [-0.39, 0.29) is 17.7 Å². The monoisotopic (exact) mass is 256 g/mol. The topological polar surface area (TPSA) is 62.2 Å². The molecule has 2 N–H and O–H groups in total. The van der Waals surface area contributed by atoms with Crippen molar-refractivity contribution in [3.63, 3.8) is 0 Å². The molecule has 0 atom stereocenters. The normalized spacial score (nSPS) is 11.3. The molecule has 0 spiro atoms. The first kappa shape index (κ1) is 13.9. The Morgan fingerprint density at radius 3 is 2.65 bits per heavy atom. The summed E-state index contributed by atoms with van der Waals surface area (Å²) in [5.74, 6) is -0.305. The van der Waals surface area contributed by atoms with Gasteiger partial charge in [0.2, 0.25) is 0 Å². The van der Waals surface area contributed by atoms with Gasteiger partial charge in [0.1, 0.15) is 5.15 Å². The lowest BCUT2D eigenvalue weighted by Gasteiger charge is -2.30. The van der Waals surface area contributed by atoms with Crippen molar-refractivity contribution >= 4 is 17.5 Å². The summed E-state index contributed by atoms with van der Waals surface area (Å²) >= 11 is 5.84. The Kier molecular flexibility index (Phi) is 4.90. The summed E-state index contributed by atoms with van der Waals surface area (Å²) in [4.78, 5) is 15.9. The molecule has 1 amide bonds. The molecule has 1 rings (SSSR count). The Hall–Kier alpha value is -1.13. The Labute approximate surface area is 106 Å². The fourth-order valence-electron chi connectivity index (χ4n) is 1.55. The van der Waals surface area contributed by atoms with Crippen molar-refractivity contribution in [2.75, 3.05) is 6.61 Å². The minimum Gasteiger partial charge on any atom is -0.394 e. The van der Waals surface area contributed by atoms with Gasteiger partial charge in [-0.05, 0) is 25.0 Å². The minimum absolute atomic E-state index is 0.0936. The van der Waals surface area contributed by atoms with Crippen LogP contribution in [-0.4, -0.2) is 28.1 Å². The van der Waals surface area contributed by atoms with E-state index < -0.39 is 5.54 Å². The molecule has 0 aromatic carbocycles. The number of halogens is 1. The number of aliphatic hydroxyl groups excluding tert-OH is 1. The molecule has 0 radical (unpaired) electrons. The number of hydrogen-bond acceptors (Lipinski definition) is 3. The van der Waals surface area contributed by atoms with Crippen molar-refractivity contribution in [3.05, 3.63) is 29.0 Å². The van der Waals surface area contributed by atoms with Crippen molar-refractivity contribution in [3.8, 4) is 0 Å². The van der Waals surface area contributed by atoms with Crippen molar-refractivity contribution in [1.82, 2.24) is 10.3 Å². The smallest absolute Gasteiger partial charge is 0.254 e. The van der Waals surface area contributed by atoms with Gasteiger partial charge in [0, 0.05) is 6.20 Å². The number of pyridine rings is 1. The highest BCUT2D eigenvalue weighted by Gasteiger charge is 2.28. The van der Waals surface area contributed by atoms with Crippen molar-refractivity contribution in [2.24, 2.45) is 0 Å². The quantitative estimate of drug-likeness (QED) is 0.793. The molecule has 0 aliphatic rings. The van der Waals surface area contributed by atoms with Gasteiger partial charge in [-0.1, -0.05) is 25.4 Å². The number of aromatic nitrogens is 1. The van der Waals surface area contributed by atoms with Gasteiger partial charge in [-0.25, -0.2) is 4.98 Å². The Balaban J connectivity index is 2.89. The molecule has 0 bridgehead atoms. The Morgan fingerprint density at radius 1 is 1.53 bits per heavy atom. The van der Waals surface area contributed by atoms with Gasteiger partial charge in [-0.2, -0.15) is 0 Å². The molecule has 0 saturated carbocycles. The third-order valence-corrected chi connectivity index (χ3v) is 3.34. The first-order valence-electron chi connectivity index (χ1n) is 5.62. The molecule has 5 heteroatoms. The number of rotatable bonds is 5. The summed E-state index contributed by atoms with van der Waals surface area (Å²) < 4.78 is 0. The average Bonchev–Trinajstić information content (AvgIpc) is 2.36. The molecule has 0 fully saturated rings. The number of amides is 1. The van der Waals surface area contributed by atoms with Gasteiger partial charge in [0.15, 0.2) is 0 Å². The Bertz CT molecular complexity index is 384. The van der Waals surface area contributed by atoms with Crippen LogP contribution in [-0.2, 0) is 0 Å². The lowest BCUT2D eigenvalue weighted by atomic mass is 9.93. The first-order valence-corrected chi connectivity index (χ1v) is 6.00. The van der Waals surface area contributed by atoms with E-state index >= 15 is 0 Å². The van der Waals surface area contributed by atoms with E-state index in [1.54, 1.807) is 12.1 Å². The van der Waals surface area contributed by atoms with Gasteiger partial charge >= 0.3 is 0 Å². The standard InChI is InChI=1S/C12H17ClN2O2/c1-3-12(4-2,8-16)15-11(17)9-6-5-7-14-10(9)13/h5-7,16H,3-4,8H2,1-2H3,(H,15,17). The Morgan fingerprint density at radius 2 is 2.18 bits per heavy atom. The molecule has 0 unspecified atom stereocenters. The van der Waals surface area contributed by atoms with Crippen LogP contribution < -0.4 is 5.32 Å².